The molecule has 1 aliphatic carbocycles. The van der Waals surface area contributed by atoms with Gasteiger partial charge in [-0.3, -0.25) is 4.90 Å². The van der Waals surface area contributed by atoms with Gasteiger partial charge < -0.3 is 10.4 Å². The van der Waals surface area contributed by atoms with Crippen LogP contribution in [-0.4, -0.2) is 35.2 Å². The molecule has 1 aromatic carbocycles. The van der Waals surface area contributed by atoms with Crippen molar-refractivity contribution >= 4 is 5.69 Å². The molecule has 0 amide bonds. The normalized spacial score (nSPS) is 27.6. The molecule has 110 valence electrons. The molecule has 2 aliphatic rings. The van der Waals surface area contributed by atoms with Crippen LogP contribution in [0.25, 0.3) is 0 Å². The van der Waals surface area contributed by atoms with E-state index in [1.165, 1.54) is 37.2 Å². The number of anilines is 1. The van der Waals surface area contributed by atoms with Gasteiger partial charge >= 0.3 is 0 Å². The van der Waals surface area contributed by atoms with Gasteiger partial charge in [0.2, 0.25) is 0 Å². The molecule has 1 saturated carbocycles. The second-order valence-corrected chi connectivity index (χ2v) is 6.29. The maximum Gasteiger partial charge on any atom is 0.0541 e. The van der Waals surface area contributed by atoms with Crippen molar-refractivity contribution in [3.63, 3.8) is 0 Å². The van der Waals surface area contributed by atoms with Crippen molar-refractivity contribution in [2.75, 3.05) is 18.4 Å². The van der Waals surface area contributed by atoms with E-state index in [2.05, 4.69) is 34.5 Å². The molecule has 0 atom stereocenters. The summed E-state index contributed by atoms with van der Waals surface area (Å²) in [5.41, 5.74) is 2.71. The van der Waals surface area contributed by atoms with Gasteiger partial charge in [-0.2, -0.15) is 0 Å². The fraction of sp³-hybridized carbons (Fsp3) is 0.647. The zero-order chi connectivity index (χ0) is 13.8. The molecule has 2 fully saturated rings. The van der Waals surface area contributed by atoms with Crippen LogP contribution in [0.2, 0.25) is 0 Å². The van der Waals surface area contributed by atoms with Gasteiger partial charge in [-0.15, -0.1) is 0 Å². The van der Waals surface area contributed by atoms with Gasteiger partial charge in [-0.1, -0.05) is 18.2 Å². The first kappa shape index (κ1) is 13.9. The Bertz CT molecular complexity index is 421. The Morgan fingerprint density at radius 3 is 2.50 bits per heavy atom. The van der Waals surface area contributed by atoms with Gasteiger partial charge in [0.15, 0.2) is 0 Å². The first-order valence-electron chi connectivity index (χ1n) is 8.06. The summed E-state index contributed by atoms with van der Waals surface area (Å²) in [5, 5.41) is 13.3. The van der Waals surface area contributed by atoms with Crippen molar-refractivity contribution in [1.82, 2.24) is 4.90 Å². The fourth-order valence-electron chi connectivity index (χ4n) is 3.42. The van der Waals surface area contributed by atoms with Gasteiger partial charge in [-0.05, 0) is 63.2 Å². The molecule has 3 heteroatoms. The molecule has 3 rings (SSSR count). The Morgan fingerprint density at radius 2 is 1.75 bits per heavy atom. The molecular formula is C17H26N2O. The summed E-state index contributed by atoms with van der Waals surface area (Å²) in [6.45, 7) is 3.55. The van der Waals surface area contributed by atoms with Crippen LogP contribution in [0, 0.1) is 0 Å². The second kappa shape index (κ2) is 6.59. The van der Waals surface area contributed by atoms with Crippen molar-refractivity contribution in [2.24, 2.45) is 0 Å². The lowest BCUT2D eigenvalue weighted by Crippen LogP contribution is -2.29. The average molecular weight is 274 g/mol. The quantitative estimate of drug-likeness (QED) is 0.886. The number of para-hydroxylation sites is 1. The lowest BCUT2D eigenvalue weighted by atomic mass is 9.93. The van der Waals surface area contributed by atoms with Crippen LogP contribution >= 0.6 is 0 Å². The Labute approximate surface area is 122 Å². The van der Waals surface area contributed by atoms with E-state index < -0.39 is 0 Å². The molecule has 0 spiro atoms. The Balaban J connectivity index is 1.63. The maximum absolute atomic E-state index is 9.60. The highest BCUT2D eigenvalue weighted by Gasteiger charge is 2.20. The molecule has 0 aromatic heterocycles. The van der Waals surface area contributed by atoms with E-state index >= 15 is 0 Å². The predicted octanol–water partition coefficient (Wildman–Crippen LogP) is 3.00. The van der Waals surface area contributed by atoms with Crippen molar-refractivity contribution in [3.05, 3.63) is 29.8 Å². The van der Waals surface area contributed by atoms with E-state index in [1.54, 1.807) is 0 Å². The molecule has 1 heterocycles. The van der Waals surface area contributed by atoms with Crippen LogP contribution in [0.4, 0.5) is 5.69 Å². The molecule has 0 unspecified atom stereocenters. The highest BCUT2D eigenvalue weighted by molar-refractivity contribution is 5.51. The second-order valence-electron chi connectivity index (χ2n) is 6.29. The van der Waals surface area contributed by atoms with Crippen LogP contribution in [0.3, 0.4) is 0 Å². The number of nitrogens with one attached hydrogen (secondary N) is 1. The van der Waals surface area contributed by atoms with E-state index in [0.29, 0.717) is 6.04 Å². The Hall–Kier alpha value is -1.06. The lowest BCUT2D eigenvalue weighted by molar-refractivity contribution is 0.126. The maximum atomic E-state index is 9.60. The largest absolute Gasteiger partial charge is 0.393 e. The smallest absolute Gasteiger partial charge is 0.0541 e. The number of benzene rings is 1. The summed E-state index contributed by atoms with van der Waals surface area (Å²) in [5.74, 6) is 0. The summed E-state index contributed by atoms with van der Waals surface area (Å²) in [7, 11) is 0. The Kier molecular flexibility index (Phi) is 4.58. The van der Waals surface area contributed by atoms with Crippen molar-refractivity contribution in [2.45, 2.75) is 57.2 Å². The topological polar surface area (TPSA) is 35.5 Å². The Morgan fingerprint density at radius 1 is 1.05 bits per heavy atom. The minimum atomic E-state index is -0.0760. The third kappa shape index (κ3) is 3.53. The molecule has 20 heavy (non-hydrogen) atoms. The first-order chi connectivity index (χ1) is 9.81. The summed E-state index contributed by atoms with van der Waals surface area (Å²) >= 11 is 0. The van der Waals surface area contributed by atoms with E-state index in [0.717, 1.165) is 32.2 Å². The summed E-state index contributed by atoms with van der Waals surface area (Å²) in [6, 6.07) is 9.24. The number of nitrogens with zero attached hydrogens (tertiary/aromatic N) is 1. The van der Waals surface area contributed by atoms with Crippen molar-refractivity contribution in [3.8, 4) is 0 Å². The van der Waals surface area contributed by atoms with Crippen molar-refractivity contribution in [1.29, 1.82) is 0 Å². The SMILES string of the molecule is OC1CCC(Nc2ccccc2CN2CCCC2)CC1. The highest BCUT2D eigenvalue weighted by atomic mass is 16.3. The molecule has 3 nitrogen and oxygen atoms in total. The van der Waals surface area contributed by atoms with Crippen LogP contribution in [0.1, 0.15) is 44.1 Å². The van der Waals surface area contributed by atoms with Gasteiger partial charge in [0.05, 0.1) is 6.10 Å². The third-order valence-corrected chi connectivity index (χ3v) is 4.67. The summed E-state index contributed by atoms with van der Waals surface area (Å²) in [6.07, 6.45) is 6.65. The van der Waals surface area contributed by atoms with Gasteiger partial charge in [-0.25, -0.2) is 0 Å². The van der Waals surface area contributed by atoms with E-state index in [-0.39, 0.29) is 6.10 Å². The standard InChI is InChI=1S/C17H26N2O/c20-16-9-7-15(8-10-16)18-17-6-2-1-5-14(17)13-19-11-3-4-12-19/h1-2,5-6,15-16,18,20H,3-4,7-13H2. The average Bonchev–Trinajstić information content (AvgIpc) is 2.96. The molecule has 1 aromatic rings. The minimum absolute atomic E-state index is 0.0760. The highest BCUT2D eigenvalue weighted by Crippen LogP contribution is 2.25. The summed E-state index contributed by atoms with van der Waals surface area (Å²) in [4.78, 5) is 2.55. The number of hydrogen-bond donors (Lipinski definition) is 2. The molecule has 0 bridgehead atoms. The van der Waals surface area contributed by atoms with E-state index in [9.17, 15) is 5.11 Å². The van der Waals surface area contributed by atoms with Gasteiger partial charge in [0.25, 0.3) is 0 Å². The van der Waals surface area contributed by atoms with Gasteiger partial charge in [0.1, 0.15) is 0 Å². The lowest BCUT2D eigenvalue weighted by Gasteiger charge is -2.28. The van der Waals surface area contributed by atoms with E-state index in [1.807, 2.05) is 0 Å². The summed E-state index contributed by atoms with van der Waals surface area (Å²) < 4.78 is 0. The third-order valence-electron chi connectivity index (χ3n) is 4.67. The predicted molar refractivity (Wildman–Crippen MR) is 82.8 cm³/mol. The molecule has 0 radical (unpaired) electrons. The molecule has 1 aliphatic heterocycles. The number of aliphatic hydroxyl groups is 1. The number of aliphatic hydroxyl groups excluding tert-OH is 1. The van der Waals surface area contributed by atoms with E-state index in [4.69, 9.17) is 0 Å². The zero-order valence-electron chi connectivity index (χ0n) is 12.2. The zero-order valence-corrected chi connectivity index (χ0v) is 12.2. The van der Waals surface area contributed by atoms with Crippen LogP contribution < -0.4 is 5.32 Å². The van der Waals surface area contributed by atoms with Crippen molar-refractivity contribution < 1.29 is 5.11 Å². The molecular weight excluding hydrogens is 248 g/mol. The molecule has 1 saturated heterocycles. The fourth-order valence-corrected chi connectivity index (χ4v) is 3.42. The van der Waals surface area contributed by atoms with Gasteiger partial charge in [0, 0.05) is 18.3 Å². The first-order valence-corrected chi connectivity index (χ1v) is 8.06. The minimum Gasteiger partial charge on any atom is -0.393 e. The van der Waals surface area contributed by atoms with Crippen LogP contribution in [0.15, 0.2) is 24.3 Å². The molecule has 2 N–H and O–H groups in total. The number of likely N-dealkylation sites (tertiary alicyclic amines) is 1. The number of hydrogen-bond acceptors (Lipinski definition) is 3. The van der Waals surface area contributed by atoms with Crippen LogP contribution in [0.5, 0.6) is 0 Å². The van der Waals surface area contributed by atoms with Crippen LogP contribution in [-0.2, 0) is 6.54 Å². The number of rotatable bonds is 4. The monoisotopic (exact) mass is 274 g/mol.